The molecule has 0 aliphatic rings. The summed E-state index contributed by atoms with van der Waals surface area (Å²) in [6, 6.07) is 13.0. The van der Waals surface area contributed by atoms with E-state index >= 15 is 0 Å². The molecule has 0 saturated carbocycles. The van der Waals surface area contributed by atoms with E-state index in [4.69, 9.17) is 8.85 Å². The Morgan fingerprint density at radius 1 is 1.04 bits per heavy atom. The molecule has 2 rings (SSSR count). The molecule has 126 valence electrons. The minimum Gasteiger partial charge on any atom is -0.394 e. The summed E-state index contributed by atoms with van der Waals surface area (Å²) in [5.41, 5.74) is 1.28. The van der Waals surface area contributed by atoms with Crippen LogP contribution >= 0.6 is 0 Å². The topological polar surface area (TPSA) is 18.5 Å². The molecule has 0 aliphatic heterocycles. The van der Waals surface area contributed by atoms with E-state index in [1.54, 1.807) is 0 Å². The van der Waals surface area contributed by atoms with Crippen molar-refractivity contribution >= 4 is 24.5 Å². The molecule has 2 nitrogen and oxygen atoms in total. The van der Waals surface area contributed by atoms with E-state index < -0.39 is 8.56 Å². The number of rotatable bonds is 6. The van der Waals surface area contributed by atoms with Crippen LogP contribution in [0.3, 0.4) is 0 Å². The lowest BCUT2D eigenvalue weighted by Gasteiger charge is -2.45. The summed E-state index contributed by atoms with van der Waals surface area (Å²) >= 11 is 0. The zero-order valence-electron chi connectivity index (χ0n) is 15.6. The van der Waals surface area contributed by atoms with Crippen molar-refractivity contribution in [3.05, 3.63) is 42.0 Å². The fraction of sp³-hybridized carbons (Fsp3) is 0.500. The maximum atomic E-state index is 6.24. The minimum atomic E-state index is -2.63. The molecule has 0 amide bonds. The highest BCUT2D eigenvalue weighted by molar-refractivity contribution is 6.85. The molecule has 0 heterocycles. The molecule has 2 aromatic carbocycles. The molecular weight excluding hydrogens is 300 g/mol. The van der Waals surface area contributed by atoms with Gasteiger partial charge in [-0.2, -0.15) is 0 Å². The third-order valence-electron chi connectivity index (χ3n) is 5.74. The second-order valence-electron chi connectivity index (χ2n) is 7.03. The third-order valence-corrected chi connectivity index (χ3v) is 10.2. The summed E-state index contributed by atoms with van der Waals surface area (Å²) in [7, 11) is 1.01. The van der Waals surface area contributed by atoms with Crippen molar-refractivity contribution in [1.82, 2.24) is 0 Å². The second-order valence-corrected chi connectivity index (χ2v) is 10.9. The molecule has 0 radical (unpaired) electrons. The van der Waals surface area contributed by atoms with Crippen molar-refractivity contribution in [3.63, 3.8) is 0 Å². The lowest BCUT2D eigenvalue weighted by atomic mass is 9.94. The van der Waals surface area contributed by atoms with Crippen LogP contribution in [-0.2, 0) is 8.85 Å². The van der Waals surface area contributed by atoms with Crippen LogP contribution in [-0.4, -0.2) is 22.8 Å². The number of hydrogen-bond acceptors (Lipinski definition) is 2. The van der Waals surface area contributed by atoms with E-state index in [2.05, 4.69) is 71.0 Å². The Bertz CT molecular complexity index is 669. The van der Waals surface area contributed by atoms with E-state index in [0.29, 0.717) is 5.92 Å². The highest BCUT2D eigenvalue weighted by Gasteiger charge is 2.55. The van der Waals surface area contributed by atoms with E-state index in [9.17, 15) is 0 Å². The Hall–Kier alpha value is -1.16. The predicted octanol–water partition coefficient (Wildman–Crippen LogP) is 4.92. The maximum absolute atomic E-state index is 6.24. The average Bonchev–Trinajstić information content (AvgIpc) is 2.55. The van der Waals surface area contributed by atoms with Gasteiger partial charge >= 0.3 is 8.56 Å². The zero-order valence-corrected chi connectivity index (χ0v) is 16.6. The summed E-state index contributed by atoms with van der Waals surface area (Å²) in [5.74, 6) is 0.508. The molecule has 3 heteroatoms. The first-order valence-corrected chi connectivity index (χ1v) is 10.3. The quantitative estimate of drug-likeness (QED) is 0.700. The molecule has 1 atom stereocenters. The summed E-state index contributed by atoms with van der Waals surface area (Å²) in [6.45, 7) is 11.3. The lowest BCUT2D eigenvalue weighted by molar-refractivity contribution is 0.202. The molecule has 2 aromatic rings. The largest absolute Gasteiger partial charge is 0.394 e. The molecule has 0 aromatic heterocycles. The van der Waals surface area contributed by atoms with Gasteiger partial charge in [-0.25, -0.2) is 0 Å². The molecule has 1 unspecified atom stereocenters. The van der Waals surface area contributed by atoms with Crippen molar-refractivity contribution in [3.8, 4) is 0 Å². The van der Waals surface area contributed by atoms with Crippen LogP contribution in [0.2, 0.25) is 5.04 Å². The molecular formula is C20H30O2Si. The average molecular weight is 331 g/mol. The van der Waals surface area contributed by atoms with E-state index in [0.717, 1.165) is 6.42 Å². The Kier molecular flexibility index (Phi) is 5.34. The molecule has 23 heavy (non-hydrogen) atoms. The Labute approximate surface area is 142 Å². The van der Waals surface area contributed by atoms with Crippen molar-refractivity contribution in [2.45, 2.75) is 46.1 Å². The summed E-state index contributed by atoms with van der Waals surface area (Å²) in [6.07, 6.45) is 1.11. The van der Waals surface area contributed by atoms with Gasteiger partial charge in [0.15, 0.2) is 0 Å². The number of fused-ring (bicyclic) bond motifs is 1. The first-order chi connectivity index (χ1) is 10.9. The first-order valence-electron chi connectivity index (χ1n) is 8.44. The van der Waals surface area contributed by atoms with E-state index in [1.165, 1.54) is 21.5 Å². The zero-order chi connectivity index (χ0) is 17.3. The Balaban J connectivity index is 2.82. The highest BCUT2D eigenvalue weighted by atomic mass is 28.4. The van der Waals surface area contributed by atoms with Crippen LogP contribution in [0, 0.1) is 12.8 Å². The van der Waals surface area contributed by atoms with E-state index in [-0.39, 0.29) is 5.04 Å². The maximum Gasteiger partial charge on any atom is 0.378 e. The third kappa shape index (κ3) is 2.75. The van der Waals surface area contributed by atoms with Crippen LogP contribution in [0.15, 0.2) is 36.4 Å². The molecule has 0 N–H and O–H groups in total. The van der Waals surface area contributed by atoms with Gasteiger partial charge in [-0.1, -0.05) is 70.5 Å². The van der Waals surface area contributed by atoms with Crippen LogP contribution in [0.25, 0.3) is 10.8 Å². The van der Waals surface area contributed by atoms with E-state index in [1.807, 2.05) is 14.2 Å². The minimum absolute atomic E-state index is 0.0399. The standard InChI is InChI=1S/C20H30O2Si/c1-8-16(3)20(4,5)23(21-6,22-7)18-14-10-13-17-12-9-11-15(2)19(17)18/h9-14,16H,8H2,1-7H3. The lowest BCUT2D eigenvalue weighted by Crippen LogP contribution is -2.62. The fourth-order valence-electron chi connectivity index (χ4n) is 3.81. The van der Waals surface area contributed by atoms with Gasteiger partial charge in [-0.05, 0) is 29.2 Å². The molecule has 0 saturated heterocycles. The Morgan fingerprint density at radius 2 is 1.61 bits per heavy atom. The van der Waals surface area contributed by atoms with Crippen molar-refractivity contribution < 1.29 is 8.85 Å². The van der Waals surface area contributed by atoms with Gasteiger partial charge in [0.05, 0.1) is 0 Å². The van der Waals surface area contributed by atoms with Crippen molar-refractivity contribution in [1.29, 1.82) is 0 Å². The normalized spacial score (nSPS) is 14.2. The van der Waals surface area contributed by atoms with Gasteiger partial charge in [-0.15, -0.1) is 0 Å². The van der Waals surface area contributed by atoms with Crippen LogP contribution < -0.4 is 5.19 Å². The highest BCUT2D eigenvalue weighted by Crippen LogP contribution is 2.46. The van der Waals surface area contributed by atoms with Crippen molar-refractivity contribution in [2.24, 2.45) is 5.92 Å². The van der Waals surface area contributed by atoms with Gasteiger partial charge in [-0.3, -0.25) is 0 Å². The first kappa shape index (κ1) is 18.2. The SMILES string of the molecule is CCC(C)C(C)(C)[Si](OC)(OC)c1cccc2cccc(C)c12. The fourth-order valence-corrected chi connectivity index (χ4v) is 8.01. The van der Waals surface area contributed by atoms with Crippen LogP contribution in [0.1, 0.15) is 39.7 Å². The molecule has 0 bridgehead atoms. The molecule has 0 aliphatic carbocycles. The monoisotopic (exact) mass is 330 g/mol. The second kappa shape index (κ2) is 6.76. The summed E-state index contributed by atoms with van der Waals surface area (Å²) in [5, 5.41) is 3.76. The van der Waals surface area contributed by atoms with Gasteiger partial charge in [0, 0.05) is 24.4 Å². The molecule has 0 fully saturated rings. The molecule has 0 spiro atoms. The number of aryl methyl sites for hydroxylation is 1. The Morgan fingerprint density at radius 3 is 2.13 bits per heavy atom. The number of hydrogen-bond donors (Lipinski definition) is 0. The smallest absolute Gasteiger partial charge is 0.378 e. The van der Waals surface area contributed by atoms with Crippen LogP contribution in [0.4, 0.5) is 0 Å². The number of benzene rings is 2. The summed E-state index contributed by atoms with van der Waals surface area (Å²) in [4.78, 5) is 0. The van der Waals surface area contributed by atoms with Crippen LogP contribution in [0.5, 0.6) is 0 Å². The van der Waals surface area contributed by atoms with Gasteiger partial charge < -0.3 is 8.85 Å². The van der Waals surface area contributed by atoms with Gasteiger partial charge in [0.25, 0.3) is 0 Å². The van der Waals surface area contributed by atoms with Gasteiger partial charge in [0.2, 0.25) is 0 Å². The summed E-state index contributed by atoms with van der Waals surface area (Å²) < 4.78 is 12.5. The van der Waals surface area contributed by atoms with Gasteiger partial charge in [0.1, 0.15) is 0 Å². The van der Waals surface area contributed by atoms with Crippen molar-refractivity contribution in [2.75, 3.05) is 14.2 Å². The predicted molar refractivity (Wildman–Crippen MR) is 102 cm³/mol.